The molecule has 0 spiro atoms. The molecule has 0 amide bonds. The van der Waals surface area contributed by atoms with Crippen LogP contribution in [0.5, 0.6) is 0 Å². The summed E-state index contributed by atoms with van der Waals surface area (Å²) < 4.78 is 0. The van der Waals surface area contributed by atoms with Crippen LogP contribution in [0.1, 0.15) is 5.69 Å². The number of rotatable bonds is 1. The highest BCUT2D eigenvalue weighted by Crippen LogP contribution is 2.45. The van der Waals surface area contributed by atoms with Crippen molar-refractivity contribution < 1.29 is 0 Å². The molecule has 2 atom stereocenters. The number of piperidine rings is 1. The second-order valence-electron chi connectivity index (χ2n) is 4.08. The number of nitrogens with zero attached hydrogens (tertiary/aromatic N) is 2. The number of aryl methyl sites for hydroxylation is 1. The molecule has 3 nitrogen and oxygen atoms in total. The van der Waals surface area contributed by atoms with Gasteiger partial charge in [-0.2, -0.15) is 0 Å². The number of hydrogen-bond donors (Lipinski definition) is 1. The number of nitrogens with two attached hydrogens (primary N) is 1. The van der Waals surface area contributed by atoms with Crippen molar-refractivity contribution in [3.63, 3.8) is 0 Å². The third kappa shape index (κ3) is 1.09. The molecular weight excluding hydrogens is 182 g/mol. The lowest BCUT2D eigenvalue weighted by Gasteiger charge is -2.17. The Labute approximate surface area is 81.6 Å². The Hall–Kier alpha value is -0.610. The minimum absolute atomic E-state index is 0.484. The SMILES string of the molecule is Cc1csc(N2CC3C(N)C3C2)n1. The summed E-state index contributed by atoms with van der Waals surface area (Å²) in [6.07, 6.45) is 0. The van der Waals surface area contributed by atoms with Gasteiger partial charge in [-0.3, -0.25) is 0 Å². The summed E-state index contributed by atoms with van der Waals surface area (Å²) in [7, 11) is 0. The van der Waals surface area contributed by atoms with Gasteiger partial charge in [0.05, 0.1) is 5.69 Å². The van der Waals surface area contributed by atoms with Crippen molar-refractivity contribution in [3.8, 4) is 0 Å². The first kappa shape index (κ1) is 7.76. The molecule has 70 valence electrons. The summed E-state index contributed by atoms with van der Waals surface area (Å²) in [5.74, 6) is 1.51. The molecule has 0 bridgehead atoms. The van der Waals surface area contributed by atoms with Gasteiger partial charge >= 0.3 is 0 Å². The molecule has 2 aliphatic rings. The third-order valence-corrected chi connectivity index (χ3v) is 4.16. The van der Waals surface area contributed by atoms with Gasteiger partial charge in [0.1, 0.15) is 0 Å². The molecule has 2 N–H and O–H groups in total. The van der Waals surface area contributed by atoms with Crippen LogP contribution in [0.2, 0.25) is 0 Å². The van der Waals surface area contributed by atoms with E-state index in [1.807, 2.05) is 6.92 Å². The van der Waals surface area contributed by atoms with E-state index < -0.39 is 0 Å². The van der Waals surface area contributed by atoms with E-state index >= 15 is 0 Å². The topological polar surface area (TPSA) is 42.1 Å². The lowest BCUT2D eigenvalue weighted by atomic mass is 10.4. The van der Waals surface area contributed by atoms with Crippen LogP contribution in [0.4, 0.5) is 5.13 Å². The lowest BCUT2D eigenvalue weighted by molar-refractivity contribution is 0.741. The van der Waals surface area contributed by atoms with E-state index in [1.54, 1.807) is 11.3 Å². The van der Waals surface area contributed by atoms with E-state index in [0.29, 0.717) is 6.04 Å². The molecule has 4 heteroatoms. The Morgan fingerprint density at radius 2 is 2.23 bits per heavy atom. The normalized spacial score (nSPS) is 36.5. The Morgan fingerprint density at radius 1 is 1.54 bits per heavy atom. The lowest BCUT2D eigenvalue weighted by Crippen LogP contribution is -2.27. The monoisotopic (exact) mass is 195 g/mol. The molecule has 3 rings (SSSR count). The van der Waals surface area contributed by atoms with Gasteiger partial charge in [-0.25, -0.2) is 4.98 Å². The van der Waals surface area contributed by atoms with Crippen molar-refractivity contribution in [2.75, 3.05) is 18.0 Å². The zero-order chi connectivity index (χ0) is 9.00. The van der Waals surface area contributed by atoms with Gasteiger partial charge in [0, 0.05) is 24.5 Å². The van der Waals surface area contributed by atoms with Crippen LogP contribution in [0.15, 0.2) is 5.38 Å². The number of fused-ring (bicyclic) bond motifs is 1. The fourth-order valence-corrected chi connectivity index (χ4v) is 3.04. The molecule has 1 aromatic rings. The van der Waals surface area contributed by atoms with Gasteiger partial charge < -0.3 is 10.6 Å². The quantitative estimate of drug-likeness (QED) is 0.722. The highest BCUT2D eigenvalue weighted by molar-refractivity contribution is 7.13. The van der Waals surface area contributed by atoms with Crippen molar-refractivity contribution in [1.29, 1.82) is 0 Å². The molecule has 2 fully saturated rings. The van der Waals surface area contributed by atoms with Crippen molar-refractivity contribution in [1.82, 2.24) is 4.98 Å². The molecule has 0 radical (unpaired) electrons. The van der Waals surface area contributed by atoms with Crippen LogP contribution in [0.25, 0.3) is 0 Å². The van der Waals surface area contributed by atoms with Crippen LogP contribution in [-0.2, 0) is 0 Å². The van der Waals surface area contributed by atoms with E-state index in [0.717, 1.165) is 30.6 Å². The van der Waals surface area contributed by atoms with Crippen molar-refractivity contribution in [3.05, 3.63) is 11.1 Å². The van der Waals surface area contributed by atoms with E-state index in [1.165, 1.54) is 5.13 Å². The number of anilines is 1. The molecule has 1 saturated carbocycles. The zero-order valence-corrected chi connectivity index (χ0v) is 8.42. The molecule has 1 aromatic heterocycles. The first-order valence-electron chi connectivity index (χ1n) is 4.68. The van der Waals surface area contributed by atoms with Crippen molar-refractivity contribution >= 4 is 16.5 Å². The summed E-state index contributed by atoms with van der Waals surface area (Å²) in [5.41, 5.74) is 7.00. The van der Waals surface area contributed by atoms with E-state index in [9.17, 15) is 0 Å². The van der Waals surface area contributed by atoms with Gasteiger partial charge in [0.25, 0.3) is 0 Å². The summed E-state index contributed by atoms with van der Waals surface area (Å²) in [6.45, 7) is 4.29. The Balaban J connectivity index is 1.76. The minimum Gasteiger partial charge on any atom is -0.347 e. The average molecular weight is 195 g/mol. The summed E-state index contributed by atoms with van der Waals surface area (Å²) in [6, 6.07) is 0.484. The molecular formula is C9H13N3S. The van der Waals surface area contributed by atoms with Gasteiger partial charge in [-0.05, 0) is 18.8 Å². The second kappa shape index (κ2) is 2.45. The Kier molecular flexibility index (Phi) is 1.46. The maximum absolute atomic E-state index is 5.87. The minimum atomic E-state index is 0.484. The van der Waals surface area contributed by atoms with Crippen LogP contribution in [0, 0.1) is 18.8 Å². The Bertz CT molecular complexity index is 323. The van der Waals surface area contributed by atoms with Crippen LogP contribution >= 0.6 is 11.3 Å². The molecule has 13 heavy (non-hydrogen) atoms. The smallest absolute Gasteiger partial charge is 0.185 e. The van der Waals surface area contributed by atoms with E-state index in [2.05, 4.69) is 15.3 Å². The molecule has 1 saturated heterocycles. The number of aromatic nitrogens is 1. The molecule has 0 aromatic carbocycles. The van der Waals surface area contributed by atoms with Crippen LogP contribution in [0.3, 0.4) is 0 Å². The zero-order valence-electron chi connectivity index (χ0n) is 7.60. The maximum atomic E-state index is 5.87. The highest BCUT2D eigenvalue weighted by Gasteiger charge is 2.54. The standard InChI is InChI=1S/C9H13N3S/c1-5-4-13-9(11-5)12-2-6-7(3-12)8(6)10/h4,6-8H,2-3,10H2,1H3. The van der Waals surface area contributed by atoms with Crippen LogP contribution in [-0.4, -0.2) is 24.1 Å². The fraction of sp³-hybridized carbons (Fsp3) is 0.667. The highest BCUT2D eigenvalue weighted by atomic mass is 32.1. The van der Waals surface area contributed by atoms with E-state index in [4.69, 9.17) is 5.73 Å². The predicted molar refractivity (Wildman–Crippen MR) is 54.0 cm³/mol. The first-order valence-corrected chi connectivity index (χ1v) is 5.56. The second-order valence-corrected chi connectivity index (χ2v) is 4.92. The summed E-state index contributed by atoms with van der Waals surface area (Å²) in [4.78, 5) is 6.85. The third-order valence-electron chi connectivity index (χ3n) is 3.14. The molecule has 1 aliphatic heterocycles. The number of hydrogen-bond acceptors (Lipinski definition) is 4. The largest absolute Gasteiger partial charge is 0.347 e. The number of thiazole rings is 1. The van der Waals surface area contributed by atoms with Crippen molar-refractivity contribution in [2.24, 2.45) is 17.6 Å². The predicted octanol–water partition coefficient (Wildman–Crippen LogP) is 0.845. The molecule has 2 heterocycles. The molecule has 1 aliphatic carbocycles. The van der Waals surface area contributed by atoms with Gasteiger partial charge in [-0.15, -0.1) is 11.3 Å². The summed E-state index contributed by atoms with van der Waals surface area (Å²) >= 11 is 1.74. The van der Waals surface area contributed by atoms with Gasteiger partial charge in [-0.1, -0.05) is 0 Å². The Morgan fingerprint density at radius 3 is 2.77 bits per heavy atom. The maximum Gasteiger partial charge on any atom is 0.185 e. The summed E-state index contributed by atoms with van der Waals surface area (Å²) in [5, 5.41) is 3.29. The van der Waals surface area contributed by atoms with Gasteiger partial charge in [0.2, 0.25) is 0 Å². The fourth-order valence-electron chi connectivity index (χ4n) is 2.22. The first-order chi connectivity index (χ1) is 6.25. The van der Waals surface area contributed by atoms with Crippen LogP contribution < -0.4 is 10.6 Å². The molecule has 2 unspecified atom stereocenters. The van der Waals surface area contributed by atoms with Gasteiger partial charge in [0.15, 0.2) is 5.13 Å². The average Bonchev–Trinajstić information content (AvgIpc) is 2.62. The van der Waals surface area contributed by atoms with E-state index in [-0.39, 0.29) is 0 Å². The van der Waals surface area contributed by atoms with Crippen molar-refractivity contribution in [2.45, 2.75) is 13.0 Å².